The second-order valence-electron chi connectivity index (χ2n) is 2.97. The number of carbonyl (C=O) groups is 1. The molecule has 1 rings (SSSR count). The SMILES string of the molecule is CCOC(=O)c1nc(OC)cc(C(F)F)c1O. The zero-order chi connectivity index (χ0) is 13.0. The first-order chi connectivity index (χ1) is 8.01. The molecule has 0 aliphatic heterocycles. The van der Waals surface area contributed by atoms with Crippen LogP contribution in [0.4, 0.5) is 8.78 Å². The zero-order valence-corrected chi connectivity index (χ0v) is 9.24. The van der Waals surface area contributed by atoms with Gasteiger partial charge < -0.3 is 14.6 Å². The molecule has 94 valence electrons. The van der Waals surface area contributed by atoms with Gasteiger partial charge >= 0.3 is 5.97 Å². The summed E-state index contributed by atoms with van der Waals surface area (Å²) in [5.41, 5.74) is -1.30. The molecule has 0 saturated carbocycles. The number of pyridine rings is 1. The first-order valence-electron chi connectivity index (χ1n) is 4.74. The smallest absolute Gasteiger partial charge is 0.360 e. The molecule has 17 heavy (non-hydrogen) atoms. The molecule has 0 atom stereocenters. The lowest BCUT2D eigenvalue weighted by molar-refractivity contribution is 0.0513. The van der Waals surface area contributed by atoms with Crippen LogP contribution in [0.2, 0.25) is 0 Å². The van der Waals surface area contributed by atoms with Crippen molar-refractivity contribution in [3.05, 3.63) is 17.3 Å². The molecule has 0 aliphatic carbocycles. The van der Waals surface area contributed by atoms with Crippen LogP contribution in [0.15, 0.2) is 6.07 Å². The fourth-order valence-electron chi connectivity index (χ4n) is 1.15. The highest BCUT2D eigenvalue weighted by Gasteiger charge is 2.24. The Morgan fingerprint density at radius 3 is 2.71 bits per heavy atom. The quantitative estimate of drug-likeness (QED) is 0.823. The van der Waals surface area contributed by atoms with Gasteiger partial charge in [-0.15, -0.1) is 0 Å². The number of aromatic hydroxyl groups is 1. The van der Waals surface area contributed by atoms with Gasteiger partial charge in [-0.3, -0.25) is 0 Å². The van der Waals surface area contributed by atoms with Gasteiger partial charge in [0, 0.05) is 6.07 Å². The van der Waals surface area contributed by atoms with E-state index in [0.717, 1.165) is 6.07 Å². The van der Waals surface area contributed by atoms with E-state index >= 15 is 0 Å². The molecule has 1 heterocycles. The Balaban J connectivity index is 3.28. The maximum absolute atomic E-state index is 12.6. The normalized spacial score (nSPS) is 10.4. The third-order valence-corrected chi connectivity index (χ3v) is 1.91. The summed E-state index contributed by atoms with van der Waals surface area (Å²) in [7, 11) is 1.21. The molecule has 7 heteroatoms. The lowest BCUT2D eigenvalue weighted by Gasteiger charge is -2.10. The van der Waals surface area contributed by atoms with E-state index in [0.29, 0.717) is 0 Å². The Bertz CT molecular complexity index is 423. The number of ether oxygens (including phenoxy) is 2. The van der Waals surface area contributed by atoms with Gasteiger partial charge in [-0.1, -0.05) is 0 Å². The molecule has 1 aromatic rings. The minimum atomic E-state index is -2.94. The van der Waals surface area contributed by atoms with Gasteiger partial charge in [0.1, 0.15) is 0 Å². The summed E-state index contributed by atoms with van der Waals surface area (Å²) in [6, 6.07) is 0.864. The van der Waals surface area contributed by atoms with Crippen molar-refractivity contribution in [3.63, 3.8) is 0 Å². The summed E-state index contributed by atoms with van der Waals surface area (Å²) in [6.07, 6.45) is -2.94. The van der Waals surface area contributed by atoms with Gasteiger partial charge in [0.25, 0.3) is 6.43 Å². The second kappa shape index (κ2) is 5.42. The Hall–Kier alpha value is -1.92. The Labute approximate surface area is 96.0 Å². The molecular weight excluding hydrogens is 236 g/mol. The summed E-state index contributed by atoms with van der Waals surface area (Å²) < 4.78 is 34.4. The minimum Gasteiger partial charge on any atom is -0.505 e. The highest BCUT2D eigenvalue weighted by Crippen LogP contribution is 2.33. The van der Waals surface area contributed by atoms with E-state index in [2.05, 4.69) is 14.5 Å². The van der Waals surface area contributed by atoms with Crippen LogP contribution in [-0.2, 0) is 4.74 Å². The number of esters is 1. The Morgan fingerprint density at radius 1 is 1.59 bits per heavy atom. The van der Waals surface area contributed by atoms with E-state index in [1.54, 1.807) is 6.92 Å². The van der Waals surface area contributed by atoms with Crippen molar-refractivity contribution in [1.82, 2.24) is 4.98 Å². The average Bonchev–Trinajstić information content (AvgIpc) is 2.29. The van der Waals surface area contributed by atoms with E-state index < -0.39 is 29.4 Å². The minimum absolute atomic E-state index is 0.0428. The summed E-state index contributed by atoms with van der Waals surface area (Å²) in [5.74, 6) is -2.06. The summed E-state index contributed by atoms with van der Waals surface area (Å²) in [4.78, 5) is 14.9. The third kappa shape index (κ3) is 2.80. The van der Waals surface area contributed by atoms with E-state index in [9.17, 15) is 18.7 Å². The number of alkyl halides is 2. The molecule has 0 radical (unpaired) electrons. The molecule has 0 aromatic carbocycles. The van der Waals surface area contributed by atoms with Crippen LogP contribution in [0.1, 0.15) is 29.4 Å². The number of methoxy groups -OCH3 is 1. The highest BCUT2D eigenvalue weighted by molar-refractivity contribution is 5.90. The molecule has 0 fully saturated rings. The van der Waals surface area contributed by atoms with Crippen LogP contribution < -0.4 is 4.74 Å². The topological polar surface area (TPSA) is 68.7 Å². The fourth-order valence-corrected chi connectivity index (χ4v) is 1.15. The van der Waals surface area contributed by atoms with Crippen molar-refractivity contribution < 1.29 is 28.2 Å². The molecular formula is C10H11F2NO4. The second-order valence-corrected chi connectivity index (χ2v) is 2.97. The molecule has 1 aromatic heterocycles. The van der Waals surface area contributed by atoms with Crippen molar-refractivity contribution in [2.24, 2.45) is 0 Å². The third-order valence-electron chi connectivity index (χ3n) is 1.91. The lowest BCUT2D eigenvalue weighted by atomic mass is 10.2. The van der Waals surface area contributed by atoms with Crippen LogP contribution in [-0.4, -0.2) is 29.8 Å². The lowest BCUT2D eigenvalue weighted by Crippen LogP contribution is -2.09. The van der Waals surface area contributed by atoms with Gasteiger partial charge in [0.15, 0.2) is 11.4 Å². The molecule has 5 nitrogen and oxygen atoms in total. The van der Waals surface area contributed by atoms with Crippen LogP contribution in [0.5, 0.6) is 11.6 Å². The van der Waals surface area contributed by atoms with Gasteiger partial charge in [-0.25, -0.2) is 18.6 Å². The predicted octanol–water partition coefficient (Wildman–Crippen LogP) is 1.91. The predicted molar refractivity (Wildman–Crippen MR) is 53.4 cm³/mol. The van der Waals surface area contributed by atoms with Crippen molar-refractivity contribution in [1.29, 1.82) is 0 Å². The average molecular weight is 247 g/mol. The Morgan fingerprint density at radius 2 is 2.24 bits per heavy atom. The van der Waals surface area contributed by atoms with Gasteiger partial charge in [-0.05, 0) is 6.92 Å². The van der Waals surface area contributed by atoms with Crippen molar-refractivity contribution in [3.8, 4) is 11.6 Å². The van der Waals surface area contributed by atoms with Gasteiger partial charge in [0.2, 0.25) is 5.88 Å². The van der Waals surface area contributed by atoms with Crippen molar-refractivity contribution >= 4 is 5.97 Å². The maximum Gasteiger partial charge on any atom is 0.360 e. The van der Waals surface area contributed by atoms with E-state index in [1.807, 2.05) is 0 Å². The molecule has 0 aliphatic rings. The van der Waals surface area contributed by atoms with E-state index in [1.165, 1.54) is 7.11 Å². The number of hydrogen-bond acceptors (Lipinski definition) is 5. The number of aromatic nitrogens is 1. The fraction of sp³-hybridized carbons (Fsp3) is 0.400. The van der Waals surface area contributed by atoms with Crippen LogP contribution in [0.25, 0.3) is 0 Å². The number of nitrogens with zero attached hydrogens (tertiary/aromatic N) is 1. The molecule has 0 saturated heterocycles. The maximum atomic E-state index is 12.6. The van der Waals surface area contributed by atoms with Gasteiger partial charge in [0.05, 0.1) is 19.3 Å². The molecule has 0 bridgehead atoms. The zero-order valence-electron chi connectivity index (χ0n) is 9.24. The first kappa shape index (κ1) is 13.1. The van der Waals surface area contributed by atoms with Crippen molar-refractivity contribution in [2.45, 2.75) is 13.3 Å². The van der Waals surface area contributed by atoms with Gasteiger partial charge in [-0.2, -0.15) is 0 Å². The van der Waals surface area contributed by atoms with Crippen molar-refractivity contribution in [2.75, 3.05) is 13.7 Å². The highest BCUT2D eigenvalue weighted by atomic mass is 19.3. The summed E-state index contributed by atoms with van der Waals surface area (Å²) in [5, 5.41) is 9.48. The van der Waals surface area contributed by atoms with Crippen LogP contribution in [0, 0.1) is 0 Å². The first-order valence-corrected chi connectivity index (χ1v) is 4.74. The number of halogens is 2. The monoisotopic (exact) mass is 247 g/mol. The Kier molecular flexibility index (Phi) is 4.19. The van der Waals surface area contributed by atoms with Crippen LogP contribution in [0.3, 0.4) is 0 Å². The molecule has 1 N–H and O–H groups in total. The van der Waals surface area contributed by atoms with E-state index in [4.69, 9.17) is 0 Å². The van der Waals surface area contributed by atoms with E-state index in [-0.39, 0.29) is 12.5 Å². The number of rotatable bonds is 4. The number of hydrogen-bond donors (Lipinski definition) is 1. The summed E-state index contributed by atoms with van der Waals surface area (Å²) >= 11 is 0. The largest absolute Gasteiger partial charge is 0.505 e. The number of carbonyl (C=O) groups excluding carboxylic acids is 1. The molecule has 0 unspecified atom stereocenters. The molecule has 0 spiro atoms. The molecule has 0 amide bonds. The standard InChI is InChI=1S/C10H11F2NO4/c1-3-17-10(15)7-8(14)5(9(11)12)4-6(13-7)16-2/h4,9,14H,3H2,1-2H3. The summed E-state index contributed by atoms with van der Waals surface area (Å²) in [6.45, 7) is 1.59. The van der Waals surface area contributed by atoms with Crippen LogP contribution >= 0.6 is 0 Å².